The fourth-order valence-electron chi connectivity index (χ4n) is 3.39. The number of Topliss-reactive ketones (excluding diaryl/α,β-unsaturated/α-hetero) is 1. The van der Waals surface area contributed by atoms with Crippen LogP contribution in [-0.4, -0.2) is 16.1 Å². The van der Waals surface area contributed by atoms with Crippen LogP contribution in [0, 0.1) is 5.41 Å². The minimum Gasteiger partial charge on any atom is -0.353 e. The summed E-state index contributed by atoms with van der Waals surface area (Å²) in [6.07, 6.45) is 1.32. The molecule has 2 heterocycles. The molecule has 1 atom stereocenters. The van der Waals surface area contributed by atoms with E-state index in [1.54, 1.807) is 0 Å². The van der Waals surface area contributed by atoms with Gasteiger partial charge in [0.05, 0.1) is 6.04 Å². The highest BCUT2D eigenvalue weighted by atomic mass is 16.6. The smallest absolute Gasteiger partial charge is 0.219 e. The van der Waals surface area contributed by atoms with Crippen LogP contribution in [0.4, 0.5) is 11.6 Å². The van der Waals surface area contributed by atoms with Crippen LogP contribution in [0.1, 0.15) is 38.3 Å². The number of fused-ring (bicyclic) bond motifs is 1. The first-order chi connectivity index (χ1) is 11.0. The van der Waals surface area contributed by atoms with Crippen LogP contribution in [0.5, 0.6) is 0 Å². The van der Waals surface area contributed by atoms with Crippen molar-refractivity contribution in [2.75, 3.05) is 10.6 Å². The lowest BCUT2D eigenvalue weighted by Crippen LogP contribution is -2.31. The van der Waals surface area contributed by atoms with Gasteiger partial charge in [-0.2, -0.15) is 0 Å². The van der Waals surface area contributed by atoms with E-state index >= 15 is 0 Å². The fraction of sp³-hybridized carbons (Fsp3) is 0.353. The van der Waals surface area contributed by atoms with Crippen LogP contribution in [0.25, 0.3) is 0 Å². The molecule has 0 saturated heterocycles. The molecule has 1 aliphatic heterocycles. The highest BCUT2D eigenvalue weighted by molar-refractivity contribution is 6.00. The fourth-order valence-corrected chi connectivity index (χ4v) is 3.39. The van der Waals surface area contributed by atoms with Crippen molar-refractivity contribution in [3.05, 3.63) is 47.2 Å². The molecular formula is C17H18N4O2. The zero-order chi connectivity index (χ0) is 16.0. The molecule has 0 unspecified atom stereocenters. The van der Waals surface area contributed by atoms with E-state index in [0.717, 1.165) is 23.3 Å². The normalized spacial score (nSPS) is 22.5. The van der Waals surface area contributed by atoms with Crippen molar-refractivity contribution >= 4 is 17.4 Å². The molecular weight excluding hydrogens is 292 g/mol. The van der Waals surface area contributed by atoms with Crippen LogP contribution in [-0.2, 0) is 4.79 Å². The number of carbonyl (C=O) groups is 1. The Kier molecular flexibility index (Phi) is 3.01. The SMILES string of the molecule is CC1(C)CC(=O)C2=C(C1)Nc1nonc1N[C@@H]2c1ccccc1. The van der Waals surface area contributed by atoms with Gasteiger partial charge in [-0.3, -0.25) is 4.79 Å². The topological polar surface area (TPSA) is 80.1 Å². The minimum absolute atomic E-state index is 0.0776. The third-order valence-corrected chi connectivity index (χ3v) is 4.38. The molecule has 0 fully saturated rings. The first-order valence-electron chi connectivity index (χ1n) is 7.71. The van der Waals surface area contributed by atoms with Gasteiger partial charge in [0.1, 0.15) is 0 Å². The Bertz CT molecular complexity index is 792. The largest absolute Gasteiger partial charge is 0.353 e. The summed E-state index contributed by atoms with van der Waals surface area (Å²) < 4.78 is 4.83. The molecule has 0 spiro atoms. The maximum Gasteiger partial charge on any atom is 0.219 e. The highest BCUT2D eigenvalue weighted by Gasteiger charge is 2.39. The van der Waals surface area contributed by atoms with Crippen molar-refractivity contribution in [2.45, 2.75) is 32.7 Å². The van der Waals surface area contributed by atoms with Crippen molar-refractivity contribution in [1.82, 2.24) is 10.3 Å². The Morgan fingerprint density at radius 2 is 1.87 bits per heavy atom. The van der Waals surface area contributed by atoms with Gasteiger partial charge in [0, 0.05) is 17.7 Å². The molecule has 23 heavy (non-hydrogen) atoms. The first-order valence-corrected chi connectivity index (χ1v) is 7.71. The van der Waals surface area contributed by atoms with Gasteiger partial charge in [-0.15, -0.1) is 0 Å². The van der Waals surface area contributed by atoms with E-state index in [2.05, 4.69) is 34.8 Å². The predicted molar refractivity (Wildman–Crippen MR) is 85.8 cm³/mol. The van der Waals surface area contributed by atoms with Gasteiger partial charge in [0.15, 0.2) is 5.78 Å². The van der Waals surface area contributed by atoms with E-state index in [1.165, 1.54) is 0 Å². The van der Waals surface area contributed by atoms with Gasteiger partial charge in [-0.1, -0.05) is 44.2 Å². The second-order valence-corrected chi connectivity index (χ2v) is 6.91. The second-order valence-electron chi connectivity index (χ2n) is 6.91. The maximum absolute atomic E-state index is 12.9. The summed E-state index contributed by atoms with van der Waals surface area (Å²) in [6.45, 7) is 4.21. The van der Waals surface area contributed by atoms with Gasteiger partial charge < -0.3 is 10.6 Å². The van der Waals surface area contributed by atoms with Gasteiger partial charge in [-0.25, -0.2) is 4.63 Å². The molecule has 0 saturated carbocycles. The molecule has 2 aromatic rings. The Labute approximate surface area is 133 Å². The zero-order valence-electron chi connectivity index (χ0n) is 13.1. The number of anilines is 2. The van der Waals surface area contributed by atoms with Crippen molar-refractivity contribution in [3.8, 4) is 0 Å². The first kappa shape index (κ1) is 14.0. The number of hydrogen-bond acceptors (Lipinski definition) is 6. The molecule has 1 aromatic carbocycles. The van der Waals surface area contributed by atoms with Crippen LogP contribution in [0.15, 0.2) is 46.2 Å². The number of aromatic nitrogens is 2. The van der Waals surface area contributed by atoms with Crippen LogP contribution in [0.3, 0.4) is 0 Å². The number of benzene rings is 1. The number of nitrogens with zero attached hydrogens (tertiary/aromatic N) is 2. The molecule has 1 aromatic heterocycles. The molecule has 0 amide bonds. The van der Waals surface area contributed by atoms with Gasteiger partial charge >= 0.3 is 0 Å². The summed E-state index contributed by atoms with van der Waals surface area (Å²) in [5.74, 6) is 1.22. The average molecular weight is 310 g/mol. The van der Waals surface area contributed by atoms with Crippen molar-refractivity contribution in [1.29, 1.82) is 0 Å². The zero-order valence-corrected chi connectivity index (χ0v) is 13.1. The van der Waals surface area contributed by atoms with Crippen LogP contribution in [0.2, 0.25) is 0 Å². The monoisotopic (exact) mass is 310 g/mol. The van der Waals surface area contributed by atoms with Crippen LogP contribution >= 0.6 is 0 Å². The molecule has 2 N–H and O–H groups in total. The van der Waals surface area contributed by atoms with Gasteiger partial charge in [0.25, 0.3) is 0 Å². The summed E-state index contributed by atoms with van der Waals surface area (Å²) in [4.78, 5) is 12.9. The Hall–Kier alpha value is -2.63. The minimum atomic E-state index is -0.254. The highest BCUT2D eigenvalue weighted by Crippen LogP contribution is 2.44. The number of nitrogens with one attached hydrogen (secondary N) is 2. The number of carbonyl (C=O) groups excluding carboxylic acids is 1. The van der Waals surface area contributed by atoms with Gasteiger partial charge in [-0.05, 0) is 27.7 Å². The third-order valence-electron chi connectivity index (χ3n) is 4.38. The van der Waals surface area contributed by atoms with Crippen LogP contribution < -0.4 is 10.6 Å². The number of ketones is 1. The molecule has 0 bridgehead atoms. The Morgan fingerprint density at radius 1 is 1.13 bits per heavy atom. The molecule has 118 valence electrons. The predicted octanol–water partition coefficient (Wildman–Crippen LogP) is 3.29. The summed E-state index contributed by atoms with van der Waals surface area (Å²) in [7, 11) is 0. The quantitative estimate of drug-likeness (QED) is 0.841. The summed E-state index contributed by atoms with van der Waals surface area (Å²) in [5.41, 5.74) is 2.62. The molecule has 6 nitrogen and oxygen atoms in total. The lowest BCUT2D eigenvalue weighted by Gasteiger charge is -2.33. The molecule has 0 radical (unpaired) electrons. The number of allylic oxidation sites excluding steroid dienone is 1. The standard InChI is InChI=1S/C17H18N4O2/c1-17(2)8-11-13(12(22)9-17)14(10-6-4-3-5-7-10)19-16-15(18-11)20-23-21-16/h3-7,14H,8-9H2,1-2H3,(H,18,20)(H,19,21)/t14-/m1/s1. The second kappa shape index (κ2) is 4.94. The summed E-state index contributed by atoms with van der Waals surface area (Å²) >= 11 is 0. The van der Waals surface area contributed by atoms with Crippen molar-refractivity contribution in [3.63, 3.8) is 0 Å². The lowest BCUT2D eigenvalue weighted by atomic mass is 9.73. The maximum atomic E-state index is 12.9. The average Bonchev–Trinajstić information content (AvgIpc) is 2.86. The van der Waals surface area contributed by atoms with E-state index in [4.69, 9.17) is 4.63 Å². The van der Waals surface area contributed by atoms with E-state index in [9.17, 15) is 4.79 Å². The van der Waals surface area contributed by atoms with Crippen molar-refractivity contribution < 1.29 is 9.42 Å². The number of hydrogen-bond donors (Lipinski definition) is 2. The van der Waals surface area contributed by atoms with Crippen molar-refractivity contribution in [2.24, 2.45) is 5.41 Å². The third kappa shape index (κ3) is 2.40. The number of rotatable bonds is 1. The summed E-state index contributed by atoms with van der Waals surface area (Å²) in [6, 6.07) is 9.66. The molecule has 2 aliphatic rings. The van der Waals surface area contributed by atoms with E-state index < -0.39 is 0 Å². The molecule has 4 rings (SSSR count). The lowest BCUT2D eigenvalue weighted by molar-refractivity contribution is -0.118. The van der Waals surface area contributed by atoms with E-state index in [-0.39, 0.29) is 17.2 Å². The Morgan fingerprint density at radius 3 is 2.65 bits per heavy atom. The van der Waals surface area contributed by atoms with E-state index in [1.807, 2.05) is 30.3 Å². The molecule has 6 heteroatoms. The van der Waals surface area contributed by atoms with Gasteiger partial charge in [0.2, 0.25) is 11.6 Å². The van der Waals surface area contributed by atoms with E-state index in [0.29, 0.717) is 18.1 Å². The molecule has 1 aliphatic carbocycles. The summed E-state index contributed by atoms with van der Waals surface area (Å²) in [5, 5.41) is 14.4. The Balaban J connectivity index is 1.88.